The first-order chi connectivity index (χ1) is 12.1. The summed E-state index contributed by atoms with van der Waals surface area (Å²) in [5.74, 6) is 0.264. The zero-order valence-corrected chi connectivity index (χ0v) is 13.5. The predicted octanol–water partition coefficient (Wildman–Crippen LogP) is 3.18. The number of anilines is 2. The summed E-state index contributed by atoms with van der Waals surface area (Å²) in [4.78, 5) is 24.8. The van der Waals surface area contributed by atoms with E-state index in [4.69, 9.17) is 0 Å². The summed E-state index contributed by atoms with van der Waals surface area (Å²) < 4.78 is 12.9. The molecule has 0 saturated heterocycles. The number of aromatic nitrogens is 3. The van der Waals surface area contributed by atoms with E-state index in [9.17, 15) is 9.18 Å². The maximum absolute atomic E-state index is 12.9. The van der Waals surface area contributed by atoms with Crippen molar-refractivity contribution < 1.29 is 9.18 Å². The maximum atomic E-state index is 12.9. The topological polar surface area (TPSA) is 79.8 Å². The molecule has 0 unspecified atom stereocenters. The molecule has 1 amide bonds. The van der Waals surface area contributed by atoms with Gasteiger partial charge in [0.1, 0.15) is 23.2 Å². The quantitative estimate of drug-likeness (QED) is 0.747. The van der Waals surface area contributed by atoms with Crippen LogP contribution in [0.3, 0.4) is 0 Å². The fraction of sp³-hybridized carbons (Fsp3) is 0.111. The number of benzene rings is 1. The smallest absolute Gasteiger partial charge is 0.274 e. The van der Waals surface area contributed by atoms with Crippen LogP contribution in [-0.2, 0) is 6.54 Å². The lowest BCUT2D eigenvalue weighted by atomic mass is 10.2. The lowest BCUT2D eigenvalue weighted by Gasteiger charge is -2.09. The van der Waals surface area contributed by atoms with Crippen molar-refractivity contribution in [1.82, 2.24) is 15.0 Å². The molecule has 3 aromatic rings. The second kappa shape index (κ2) is 7.48. The van der Waals surface area contributed by atoms with Gasteiger partial charge >= 0.3 is 0 Å². The monoisotopic (exact) mass is 337 g/mol. The Labute approximate surface area is 144 Å². The minimum absolute atomic E-state index is 0.227. The molecule has 0 fully saturated rings. The van der Waals surface area contributed by atoms with Crippen molar-refractivity contribution in [2.24, 2.45) is 0 Å². The molecule has 0 atom stereocenters. The van der Waals surface area contributed by atoms with Crippen molar-refractivity contribution in [2.45, 2.75) is 13.5 Å². The van der Waals surface area contributed by atoms with Gasteiger partial charge in [-0.05, 0) is 42.8 Å². The summed E-state index contributed by atoms with van der Waals surface area (Å²) in [6.07, 6.45) is 3.46. The van der Waals surface area contributed by atoms with Gasteiger partial charge in [0.25, 0.3) is 5.91 Å². The average molecular weight is 337 g/mol. The number of amides is 1. The molecule has 0 radical (unpaired) electrons. The molecule has 126 valence electrons. The Bertz CT molecular complexity index is 868. The first-order valence-corrected chi connectivity index (χ1v) is 7.65. The van der Waals surface area contributed by atoms with Gasteiger partial charge in [-0.1, -0.05) is 6.07 Å². The largest absolute Gasteiger partial charge is 0.366 e. The van der Waals surface area contributed by atoms with Gasteiger partial charge in [0.15, 0.2) is 0 Å². The lowest BCUT2D eigenvalue weighted by Crippen LogP contribution is -2.15. The molecule has 2 heterocycles. The van der Waals surface area contributed by atoms with Gasteiger partial charge in [-0.25, -0.2) is 14.4 Å². The Morgan fingerprint density at radius 3 is 2.68 bits per heavy atom. The number of hydrogen-bond donors (Lipinski definition) is 2. The third-order valence-electron chi connectivity index (χ3n) is 3.37. The summed E-state index contributed by atoms with van der Waals surface area (Å²) >= 11 is 0. The second-order valence-corrected chi connectivity index (χ2v) is 5.36. The Balaban J connectivity index is 1.72. The Morgan fingerprint density at radius 2 is 1.96 bits per heavy atom. The third kappa shape index (κ3) is 4.57. The van der Waals surface area contributed by atoms with Crippen molar-refractivity contribution in [3.8, 4) is 0 Å². The van der Waals surface area contributed by atoms with Gasteiger partial charge in [0, 0.05) is 30.7 Å². The zero-order valence-electron chi connectivity index (χ0n) is 13.5. The van der Waals surface area contributed by atoms with Crippen LogP contribution in [0.4, 0.5) is 15.9 Å². The normalized spacial score (nSPS) is 10.3. The van der Waals surface area contributed by atoms with E-state index in [1.165, 1.54) is 24.3 Å². The fourth-order valence-corrected chi connectivity index (χ4v) is 2.20. The summed E-state index contributed by atoms with van der Waals surface area (Å²) in [6.45, 7) is 2.24. The second-order valence-electron chi connectivity index (χ2n) is 5.36. The average Bonchev–Trinajstić information content (AvgIpc) is 2.62. The SMILES string of the molecule is Cc1nc(NCc2cccnc2)cc(C(=O)Nc2ccc(F)cc2)n1. The van der Waals surface area contributed by atoms with E-state index in [0.29, 0.717) is 23.9 Å². The van der Waals surface area contributed by atoms with Gasteiger partial charge in [0.05, 0.1) is 0 Å². The first-order valence-electron chi connectivity index (χ1n) is 7.65. The molecule has 3 rings (SSSR count). The molecule has 2 aromatic heterocycles. The van der Waals surface area contributed by atoms with E-state index in [1.807, 2.05) is 12.1 Å². The van der Waals surface area contributed by atoms with Crippen LogP contribution in [0.5, 0.6) is 0 Å². The molecule has 6 nitrogen and oxygen atoms in total. The Morgan fingerprint density at radius 1 is 1.16 bits per heavy atom. The van der Waals surface area contributed by atoms with E-state index < -0.39 is 0 Å². The predicted molar refractivity (Wildman–Crippen MR) is 92.7 cm³/mol. The van der Waals surface area contributed by atoms with Crippen LogP contribution in [0.15, 0.2) is 54.9 Å². The number of aryl methyl sites for hydroxylation is 1. The molecule has 0 aliphatic carbocycles. The molecule has 25 heavy (non-hydrogen) atoms. The first kappa shape index (κ1) is 16.5. The molecule has 0 bridgehead atoms. The molecule has 0 saturated carbocycles. The minimum Gasteiger partial charge on any atom is -0.366 e. The summed E-state index contributed by atoms with van der Waals surface area (Å²) in [6, 6.07) is 10.9. The minimum atomic E-state index is -0.387. The van der Waals surface area contributed by atoms with Crippen LogP contribution in [0.1, 0.15) is 21.9 Å². The van der Waals surface area contributed by atoms with Gasteiger partial charge < -0.3 is 10.6 Å². The highest BCUT2D eigenvalue weighted by atomic mass is 19.1. The molecule has 2 N–H and O–H groups in total. The van der Waals surface area contributed by atoms with E-state index in [2.05, 4.69) is 25.6 Å². The van der Waals surface area contributed by atoms with Gasteiger partial charge in [-0.15, -0.1) is 0 Å². The van der Waals surface area contributed by atoms with E-state index in [1.54, 1.807) is 25.4 Å². The zero-order chi connectivity index (χ0) is 17.6. The highest BCUT2D eigenvalue weighted by molar-refractivity contribution is 6.03. The van der Waals surface area contributed by atoms with Crippen molar-refractivity contribution in [3.63, 3.8) is 0 Å². The van der Waals surface area contributed by atoms with Crippen LogP contribution in [-0.4, -0.2) is 20.9 Å². The van der Waals surface area contributed by atoms with Crippen LogP contribution in [0.25, 0.3) is 0 Å². The van der Waals surface area contributed by atoms with Gasteiger partial charge in [-0.3, -0.25) is 9.78 Å². The number of carbonyl (C=O) groups excluding carboxylic acids is 1. The van der Waals surface area contributed by atoms with E-state index in [-0.39, 0.29) is 17.4 Å². The van der Waals surface area contributed by atoms with Gasteiger partial charge in [0.2, 0.25) is 0 Å². The Kier molecular flexibility index (Phi) is 4.94. The third-order valence-corrected chi connectivity index (χ3v) is 3.37. The molecule has 0 aliphatic rings. The number of hydrogen-bond acceptors (Lipinski definition) is 5. The molecule has 0 spiro atoms. The number of carbonyl (C=O) groups is 1. The fourth-order valence-electron chi connectivity index (χ4n) is 2.20. The number of nitrogens with zero attached hydrogens (tertiary/aromatic N) is 3. The van der Waals surface area contributed by atoms with Crippen LogP contribution >= 0.6 is 0 Å². The molecular weight excluding hydrogens is 321 g/mol. The summed E-state index contributed by atoms with van der Waals surface area (Å²) in [5.41, 5.74) is 1.72. The van der Waals surface area contributed by atoms with Gasteiger partial charge in [-0.2, -0.15) is 0 Å². The van der Waals surface area contributed by atoms with Crippen molar-refractivity contribution in [1.29, 1.82) is 0 Å². The molecule has 0 aliphatic heterocycles. The summed E-state index contributed by atoms with van der Waals surface area (Å²) in [5, 5.41) is 5.83. The van der Waals surface area contributed by atoms with Crippen LogP contribution in [0.2, 0.25) is 0 Å². The molecular formula is C18H16FN5O. The van der Waals surface area contributed by atoms with Crippen molar-refractivity contribution in [3.05, 3.63) is 77.8 Å². The standard InChI is InChI=1S/C18H16FN5O/c1-12-22-16(18(25)24-15-6-4-14(19)5-7-15)9-17(23-12)21-11-13-3-2-8-20-10-13/h2-10H,11H2,1H3,(H,24,25)(H,21,22,23). The Hall–Kier alpha value is -3.35. The van der Waals surface area contributed by atoms with E-state index >= 15 is 0 Å². The summed E-state index contributed by atoms with van der Waals surface area (Å²) in [7, 11) is 0. The van der Waals surface area contributed by atoms with Crippen LogP contribution < -0.4 is 10.6 Å². The number of rotatable bonds is 5. The van der Waals surface area contributed by atoms with Crippen LogP contribution in [0, 0.1) is 12.7 Å². The lowest BCUT2D eigenvalue weighted by molar-refractivity contribution is 0.102. The maximum Gasteiger partial charge on any atom is 0.274 e. The van der Waals surface area contributed by atoms with E-state index in [0.717, 1.165) is 5.56 Å². The number of halogens is 1. The number of pyridine rings is 1. The van der Waals surface area contributed by atoms with Crippen molar-refractivity contribution in [2.75, 3.05) is 10.6 Å². The number of nitrogens with one attached hydrogen (secondary N) is 2. The molecule has 1 aromatic carbocycles. The molecule has 7 heteroatoms. The highest BCUT2D eigenvalue weighted by Crippen LogP contribution is 2.13. The highest BCUT2D eigenvalue weighted by Gasteiger charge is 2.11. The van der Waals surface area contributed by atoms with Crippen molar-refractivity contribution >= 4 is 17.4 Å².